The molecule has 2 aliphatic heterocycles. The molecule has 0 spiro atoms. The highest BCUT2D eigenvalue weighted by atomic mass is 15.3. The minimum absolute atomic E-state index is 0.725. The first-order valence-electron chi connectivity index (χ1n) is 5.44. The molecule has 2 heteroatoms. The number of nitrogens with zero attached hydrogens (tertiary/aromatic N) is 1. The summed E-state index contributed by atoms with van der Waals surface area (Å²) in [5.74, 6) is 0. The Kier molecular flexibility index (Phi) is 3.01. The fourth-order valence-electron chi connectivity index (χ4n) is 2.38. The molecule has 0 aliphatic carbocycles. The van der Waals surface area contributed by atoms with Crippen LogP contribution in [-0.2, 0) is 0 Å². The van der Waals surface area contributed by atoms with E-state index in [1.165, 1.54) is 58.2 Å². The van der Waals surface area contributed by atoms with E-state index in [1.54, 1.807) is 0 Å². The van der Waals surface area contributed by atoms with Crippen molar-refractivity contribution in [1.82, 2.24) is 10.2 Å². The molecular weight excluding hydrogens is 148 g/mol. The Morgan fingerprint density at radius 3 is 2.25 bits per heavy atom. The molecule has 1 unspecified atom stereocenters. The van der Waals surface area contributed by atoms with E-state index in [0.29, 0.717) is 0 Å². The standard InChI is InChI=1S/C10H20N2/c1-2-4-9-12(8-3-1)10-6-5-7-11-10/h10-11H,1-9H2. The number of nitrogens with one attached hydrogen (secondary N) is 1. The molecule has 0 amide bonds. The molecule has 1 N–H and O–H groups in total. The number of rotatable bonds is 1. The average Bonchev–Trinajstić information content (AvgIpc) is 2.48. The van der Waals surface area contributed by atoms with Crippen LogP contribution in [-0.4, -0.2) is 30.7 Å². The third-order valence-electron chi connectivity index (χ3n) is 3.12. The SMILES string of the molecule is C1CCCN(C2CCCN2)CC1. The van der Waals surface area contributed by atoms with Gasteiger partial charge in [-0.05, 0) is 45.3 Å². The summed E-state index contributed by atoms with van der Waals surface area (Å²) in [5.41, 5.74) is 0. The molecule has 2 saturated heterocycles. The normalized spacial score (nSPS) is 33.5. The van der Waals surface area contributed by atoms with E-state index >= 15 is 0 Å². The lowest BCUT2D eigenvalue weighted by molar-refractivity contribution is 0.189. The van der Waals surface area contributed by atoms with Crippen molar-refractivity contribution >= 4 is 0 Å². The highest BCUT2D eigenvalue weighted by Crippen LogP contribution is 2.16. The van der Waals surface area contributed by atoms with Crippen molar-refractivity contribution in [1.29, 1.82) is 0 Å². The molecule has 2 fully saturated rings. The van der Waals surface area contributed by atoms with Crippen LogP contribution in [0.5, 0.6) is 0 Å². The fraction of sp³-hybridized carbons (Fsp3) is 1.00. The molecule has 0 bridgehead atoms. The number of hydrogen-bond donors (Lipinski definition) is 1. The minimum atomic E-state index is 0.725. The Labute approximate surface area is 75.3 Å². The van der Waals surface area contributed by atoms with E-state index in [0.717, 1.165) is 6.17 Å². The van der Waals surface area contributed by atoms with Gasteiger partial charge in [0.2, 0.25) is 0 Å². The van der Waals surface area contributed by atoms with E-state index in [9.17, 15) is 0 Å². The molecule has 1 atom stereocenters. The summed E-state index contributed by atoms with van der Waals surface area (Å²) in [6, 6.07) is 0. The number of hydrogen-bond acceptors (Lipinski definition) is 2. The van der Waals surface area contributed by atoms with E-state index in [4.69, 9.17) is 0 Å². The van der Waals surface area contributed by atoms with E-state index in [-0.39, 0.29) is 0 Å². The second-order valence-corrected chi connectivity index (χ2v) is 4.06. The van der Waals surface area contributed by atoms with Gasteiger partial charge < -0.3 is 5.32 Å². The Morgan fingerprint density at radius 2 is 1.67 bits per heavy atom. The van der Waals surface area contributed by atoms with Gasteiger partial charge in [-0.15, -0.1) is 0 Å². The zero-order valence-electron chi connectivity index (χ0n) is 7.89. The molecule has 0 radical (unpaired) electrons. The lowest BCUT2D eigenvalue weighted by Gasteiger charge is -2.27. The highest BCUT2D eigenvalue weighted by molar-refractivity contribution is 4.77. The molecule has 2 nitrogen and oxygen atoms in total. The van der Waals surface area contributed by atoms with Gasteiger partial charge in [-0.1, -0.05) is 12.8 Å². The Balaban J connectivity index is 1.83. The topological polar surface area (TPSA) is 15.3 Å². The second-order valence-electron chi connectivity index (χ2n) is 4.06. The summed E-state index contributed by atoms with van der Waals surface area (Å²) in [4.78, 5) is 2.65. The van der Waals surface area contributed by atoms with Crippen molar-refractivity contribution in [2.45, 2.75) is 44.7 Å². The van der Waals surface area contributed by atoms with Crippen molar-refractivity contribution in [2.24, 2.45) is 0 Å². The van der Waals surface area contributed by atoms with Crippen LogP contribution in [0.4, 0.5) is 0 Å². The fourth-order valence-corrected chi connectivity index (χ4v) is 2.38. The maximum atomic E-state index is 3.58. The summed E-state index contributed by atoms with van der Waals surface area (Å²) < 4.78 is 0. The van der Waals surface area contributed by atoms with Crippen LogP contribution in [0, 0.1) is 0 Å². The third kappa shape index (κ3) is 1.99. The summed E-state index contributed by atoms with van der Waals surface area (Å²) in [5, 5.41) is 3.58. The summed E-state index contributed by atoms with van der Waals surface area (Å²) in [6.45, 7) is 3.90. The first-order chi connectivity index (χ1) is 5.97. The van der Waals surface area contributed by atoms with E-state index < -0.39 is 0 Å². The maximum absolute atomic E-state index is 3.58. The van der Waals surface area contributed by atoms with Crippen molar-refractivity contribution in [2.75, 3.05) is 19.6 Å². The lowest BCUT2D eigenvalue weighted by Crippen LogP contribution is -2.42. The van der Waals surface area contributed by atoms with Gasteiger partial charge in [0.25, 0.3) is 0 Å². The van der Waals surface area contributed by atoms with Crippen LogP contribution < -0.4 is 5.32 Å². The maximum Gasteiger partial charge on any atom is 0.0597 e. The first kappa shape index (κ1) is 8.52. The summed E-state index contributed by atoms with van der Waals surface area (Å²) in [6.07, 6.45) is 9.20. The molecule has 2 aliphatic rings. The van der Waals surface area contributed by atoms with Crippen LogP contribution in [0.3, 0.4) is 0 Å². The van der Waals surface area contributed by atoms with Gasteiger partial charge >= 0.3 is 0 Å². The second kappa shape index (κ2) is 4.24. The monoisotopic (exact) mass is 168 g/mol. The number of likely N-dealkylation sites (tertiary alicyclic amines) is 1. The highest BCUT2D eigenvalue weighted by Gasteiger charge is 2.21. The molecule has 0 aromatic carbocycles. The smallest absolute Gasteiger partial charge is 0.0597 e. The van der Waals surface area contributed by atoms with Crippen molar-refractivity contribution < 1.29 is 0 Å². The van der Waals surface area contributed by atoms with Gasteiger partial charge in [0.1, 0.15) is 0 Å². The van der Waals surface area contributed by atoms with Crippen LogP contribution in [0.15, 0.2) is 0 Å². The zero-order valence-corrected chi connectivity index (χ0v) is 7.89. The minimum Gasteiger partial charge on any atom is -0.302 e. The predicted molar refractivity (Wildman–Crippen MR) is 51.1 cm³/mol. The molecule has 12 heavy (non-hydrogen) atoms. The molecule has 2 rings (SSSR count). The van der Waals surface area contributed by atoms with Gasteiger partial charge in [0.05, 0.1) is 6.17 Å². The Bertz CT molecular complexity index is 122. The quantitative estimate of drug-likeness (QED) is 0.639. The van der Waals surface area contributed by atoms with Crippen molar-refractivity contribution in [3.63, 3.8) is 0 Å². The lowest BCUT2D eigenvalue weighted by atomic mass is 10.2. The molecule has 0 saturated carbocycles. The molecular formula is C10H20N2. The molecule has 2 heterocycles. The van der Waals surface area contributed by atoms with Gasteiger partial charge in [0.15, 0.2) is 0 Å². The summed E-state index contributed by atoms with van der Waals surface area (Å²) in [7, 11) is 0. The largest absolute Gasteiger partial charge is 0.302 e. The van der Waals surface area contributed by atoms with Gasteiger partial charge in [-0.25, -0.2) is 0 Å². The van der Waals surface area contributed by atoms with Gasteiger partial charge in [-0.2, -0.15) is 0 Å². The third-order valence-corrected chi connectivity index (χ3v) is 3.12. The van der Waals surface area contributed by atoms with Crippen LogP contribution in [0.1, 0.15) is 38.5 Å². The van der Waals surface area contributed by atoms with E-state index in [1.807, 2.05) is 0 Å². The molecule has 70 valence electrons. The first-order valence-corrected chi connectivity index (χ1v) is 5.44. The zero-order chi connectivity index (χ0) is 8.23. The molecule has 0 aromatic rings. The van der Waals surface area contributed by atoms with Crippen molar-refractivity contribution in [3.8, 4) is 0 Å². The van der Waals surface area contributed by atoms with Crippen LogP contribution in [0.25, 0.3) is 0 Å². The Morgan fingerprint density at radius 1 is 0.917 bits per heavy atom. The van der Waals surface area contributed by atoms with Crippen molar-refractivity contribution in [3.05, 3.63) is 0 Å². The summed E-state index contributed by atoms with van der Waals surface area (Å²) >= 11 is 0. The van der Waals surface area contributed by atoms with Crippen LogP contribution in [0.2, 0.25) is 0 Å². The predicted octanol–water partition coefficient (Wildman–Crippen LogP) is 1.57. The van der Waals surface area contributed by atoms with Gasteiger partial charge in [-0.3, -0.25) is 4.90 Å². The average molecular weight is 168 g/mol. The van der Waals surface area contributed by atoms with Gasteiger partial charge in [0, 0.05) is 0 Å². The molecule has 0 aromatic heterocycles. The van der Waals surface area contributed by atoms with Crippen LogP contribution >= 0.6 is 0 Å². The Hall–Kier alpha value is -0.0800. The van der Waals surface area contributed by atoms with E-state index in [2.05, 4.69) is 10.2 Å².